The third-order valence-corrected chi connectivity index (χ3v) is 6.02. The molecule has 1 N–H and O–H groups in total. The molecule has 1 unspecified atom stereocenters. The second-order valence-electron chi connectivity index (χ2n) is 9.82. The number of carbonyl (C=O) groups excluding carboxylic acids is 2. The normalized spacial score (nSPS) is 12.1. The minimum absolute atomic E-state index is 0.226. The number of aryl methyl sites for hydroxylation is 1. The van der Waals surface area contributed by atoms with E-state index in [1.165, 1.54) is 0 Å². The second kappa shape index (κ2) is 12.3. The van der Waals surface area contributed by atoms with Crippen LogP contribution in [0, 0.1) is 6.92 Å². The van der Waals surface area contributed by atoms with E-state index in [0.29, 0.717) is 22.2 Å². The molecule has 0 spiro atoms. The average molecular weight is 527 g/mol. The zero-order chi connectivity index (χ0) is 26.3. The van der Waals surface area contributed by atoms with Crippen LogP contribution in [0.4, 0.5) is 0 Å². The predicted octanol–water partition coefficient (Wildman–Crippen LogP) is 6.24. The molecular weight excluding hydrogens is 495 g/mol. The van der Waals surface area contributed by atoms with Crippen molar-refractivity contribution in [2.24, 2.45) is 0 Å². The molecule has 0 aromatic heterocycles. The lowest BCUT2D eigenvalue weighted by Crippen LogP contribution is -2.55. The molecule has 190 valence electrons. The standard InChI is InChI=1S/C29H32Cl2N2O3/c1-20-10-12-22(13-11-20)18-33(27(34)19-36-26-15-14-23(30)17-24(26)31)25(28(35)32-29(2,3)4)16-21-8-6-5-7-9-21/h5-15,17,25H,16,18-19H2,1-4H3,(H,32,35). The third-order valence-electron chi connectivity index (χ3n) is 5.49. The van der Waals surface area contributed by atoms with Gasteiger partial charge in [0.15, 0.2) is 6.61 Å². The van der Waals surface area contributed by atoms with Crippen molar-refractivity contribution in [3.8, 4) is 5.75 Å². The summed E-state index contributed by atoms with van der Waals surface area (Å²) in [6.45, 7) is 7.74. The Kier molecular flexibility index (Phi) is 9.41. The summed E-state index contributed by atoms with van der Waals surface area (Å²) in [4.78, 5) is 28.7. The van der Waals surface area contributed by atoms with Crippen molar-refractivity contribution in [1.29, 1.82) is 0 Å². The molecule has 3 aromatic carbocycles. The largest absolute Gasteiger partial charge is 0.482 e. The fourth-order valence-corrected chi connectivity index (χ4v) is 4.17. The first-order valence-electron chi connectivity index (χ1n) is 11.8. The lowest BCUT2D eigenvalue weighted by molar-refractivity contribution is -0.143. The van der Waals surface area contributed by atoms with E-state index in [0.717, 1.165) is 16.7 Å². The molecule has 36 heavy (non-hydrogen) atoms. The van der Waals surface area contributed by atoms with Gasteiger partial charge in [0.05, 0.1) is 5.02 Å². The molecule has 2 amide bonds. The van der Waals surface area contributed by atoms with Crippen LogP contribution in [0.5, 0.6) is 5.75 Å². The van der Waals surface area contributed by atoms with Crippen molar-refractivity contribution in [2.75, 3.05) is 6.61 Å². The molecule has 0 aliphatic carbocycles. The number of carbonyl (C=O) groups is 2. The smallest absolute Gasteiger partial charge is 0.261 e. The summed E-state index contributed by atoms with van der Waals surface area (Å²) in [6, 6.07) is 21.7. The van der Waals surface area contributed by atoms with Gasteiger partial charge in [0.2, 0.25) is 5.91 Å². The molecule has 0 aliphatic heterocycles. The Labute approximate surface area is 223 Å². The molecule has 3 aromatic rings. The Bertz CT molecular complexity index is 1180. The molecule has 3 rings (SSSR count). The molecule has 0 saturated carbocycles. The third kappa shape index (κ3) is 8.28. The fraction of sp³-hybridized carbons (Fsp3) is 0.310. The number of hydrogen-bond acceptors (Lipinski definition) is 3. The van der Waals surface area contributed by atoms with Crippen molar-refractivity contribution in [1.82, 2.24) is 10.2 Å². The summed E-state index contributed by atoms with van der Waals surface area (Å²) in [5.74, 6) is -0.202. The van der Waals surface area contributed by atoms with Crippen molar-refractivity contribution in [2.45, 2.75) is 52.2 Å². The topological polar surface area (TPSA) is 58.6 Å². The number of hydrogen-bond donors (Lipinski definition) is 1. The Morgan fingerprint density at radius 3 is 2.22 bits per heavy atom. The highest BCUT2D eigenvalue weighted by molar-refractivity contribution is 6.35. The van der Waals surface area contributed by atoms with Gasteiger partial charge in [-0.25, -0.2) is 0 Å². The van der Waals surface area contributed by atoms with Crippen molar-refractivity contribution in [3.63, 3.8) is 0 Å². The van der Waals surface area contributed by atoms with Gasteiger partial charge in [-0.05, 0) is 57.0 Å². The molecule has 0 heterocycles. The molecule has 0 aliphatic rings. The first-order chi connectivity index (χ1) is 17.0. The summed E-state index contributed by atoms with van der Waals surface area (Å²) in [7, 11) is 0. The molecule has 0 fully saturated rings. The molecule has 5 nitrogen and oxygen atoms in total. The van der Waals surface area contributed by atoms with Gasteiger partial charge >= 0.3 is 0 Å². The van der Waals surface area contributed by atoms with E-state index in [9.17, 15) is 9.59 Å². The van der Waals surface area contributed by atoms with Gasteiger partial charge in [-0.2, -0.15) is 0 Å². The van der Waals surface area contributed by atoms with Crippen LogP contribution < -0.4 is 10.1 Å². The van der Waals surface area contributed by atoms with Crippen molar-refractivity contribution < 1.29 is 14.3 Å². The summed E-state index contributed by atoms with van der Waals surface area (Å²) in [5, 5.41) is 3.83. The second-order valence-corrected chi connectivity index (χ2v) is 10.7. The minimum Gasteiger partial charge on any atom is -0.482 e. The van der Waals surface area contributed by atoms with Crippen molar-refractivity contribution >= 4 is 35.0 Å². The Morgan fingerprint density at radius 1 is 0.944 bits per heavy atom. The van der Waals surface area contributed by atoms with Gasteiger partial charge in [-0.15, -0.1) is 0 Å². The maximum absolute atomic E-state index is 13.6. The molecule has 1 atom stereocenters. The average Bonchev–Trinajstić information content (AvgIpc) is 2.81. The zero-order valence-electron chi connectivity index (χ0n) is 21.1. The SMILES string of the molecule is Cc1ccc(CN(C(=O)COc2ccc(Cl)cc2Cl)C(Cc2ccccc2)C(=O)NC(C)(C)C)cc1. The summed E-state index contributed by atoms with van der Waals surface area (Å²) in [5.41, 5.74) is 2.52. The number of amides is 2. The van der Waals surface area contributed by atoms with E-state index in [2.05, 4.69) is 5.32 Å². The summed E-state index contributed by atoms with van der Waals surface area (Å²) in [6.07, 6.45) is 0.363. The number of ether oxygens (including phenoxy) is 1. The number of nitrogens with one attached hydrogen (secondary N) is 1. The monoisotopic (exact) mass is 526 g/mol. The lowest BCUT2D eigenvalue weighted by Gasteiger charge is -2.33. The van der Waals surface area contributed by atoms with Crippen LogP contribution in [0.25, 0.3) is 0 Å². The van der Waals surface area contributed by atoms with Gasteiger partial charge in [0.1, 0.15) is 11.8 Å². The molecule has 0 saturated heterocycles. The van der Waals surface area contributed by atoms with Gasteiger partial charge < -0.3 is 15.0 Å². The number of rotatable bonds is 9. The highest BCUT2D eigenvalue weighted by Crippen LogP contribution is 2.27. The van der Waals surface area contributed by atoms with Crippen LogP contribution in [0.2, 0.25) is 10.0 Å². The first kappa shape index (κ1) is 27.6. The van der Waals surface area contributed by atoms with Crippen LogP contribution in [0.15, 0.2) is 72.8 Å². The van der Waals surface area contributed by atoms with Crippen LogP contribution in [-0.4, -0.2) is 34.9 Å². The molecule has 7 heteroatoms. The van der Waals surface area contributed by atoms with E-state index in [1.807, 2.05) is 82.3 Å². The predicted molar refractivity (Wildman–Crippen MR) is 146 cm³/mol. The number of benzene rings is 3. The number of nitrogens with zero attached hydrogens (tertiary/aromatic N) is 1. The van der Waals surface area contributed by atoms with E-state index < -0.39 is 11.6 Å². The molecule has 0 bridgehead atoms. The first-order valence-corrected chi connectivity index (χ1v) is 12.6. The summed E-state index contributed by atoms with van der Waals surface area (Å²) < 4.78 is 5.76. The van der Waals surface area contributed by atoms with Gasteiger partial charge in [-0.3, -0.25) is 9.59 Å². The fourth-order valence-electron chi connectivity index (χ4n) is 3.71. The van der Waals surface area contributed by atoms with Crippen LogP contribution in [-0.2, 0) is 22.6 Å². The quantitative estimate of drug-likeness (QED) is 0.359. The van der Waals surface area contributed by atoms with E-state index in [-0.39, 0.29) is 25.0 Å². The van der Waals surface area contributed by atoms with E-state index in [1.54, 1.807) is 23.1 Å². The lowest BCUT2D eigenvalue weighted by atomic mass is 10.0. The van der Waals surface area contributed by atoms with E-state index >= 15 is 0 Å². The van der Waals surface area contributed by atoms with Gasteiger partial charge in [0, 0.05) is 23.5 Å². The van der Waals surface area contributed by atoms with Crippen LogP contribution in [0.3, 0.4) is 0 Å². The zero-order valence-corrected chi connectivity index (χ0v) is 22.6. The van der Waals surface area contributed by atoms with Gasteiger partial charge in [-0.1, -0.05) is 83.4 Å². The Morgan fingerprint density at radius 2 is 1.61 bits per heavy atom. The Hall–Kier alpha value is -3.02. The Balaban J connectivity index is 1.93. The van der Waals surface area contributed by atoms with Crippen LogP contribution >= 0.6 is 23.2 Å². The highest BCUT2D eigenvalue weighted by Gasteiger charge is 2.32. The van der Waals surface area contributed by atoms with Gasteiger partial charge in [0.25, 0.3) is 5.91 Å². The molecule has 0 radical (unpaired) electrons. The minimum atomic E-state index is -0.746. The number of halogens is 2. The maximum atomic E-state index is 13.6. The summed E-state index contributed by atoms with van der Waals surface area (Å²) >= 11 is 12.2. The van der Waals surface area contributed by atoms with E-state index in [4.69, 9.17) is 27.9 Å². The molecular formula is C29H32Cl2N2O3. The van der Waals surface area contributed by atoms with Crippen molar-refractivity contribution in [3.05, 3.63) is 99.5 Å². The highest BCUT2D eigenvalue weighted by atomic mass is 35.5. The van der Waals surface area contributed by atoms with Crippen LogP contribution in [0.1, 0.15) is 37.5 Å². The maximum Gasteiger partial charge on any atom is 0.261 e.